The average Bonchev–Trinajstić information content (AvgIpc) is 3.08. The lowest BCUT2D eigenvalue weighted by Crippen LogP contribution is -2.52. The van der Waals surface area contributed by atoms with Gasteiger partial charge in [0.2, 0.25) is 0 Å². The van der Waals surface area contributed by atoms with E-state index in [2.05, 4.69) is 16.7 Å². The quantitative estimate of drug-likeness (QED) is 0.681. The molecule has 0 N–H and O–H groups in total. The molecule has 4 rings (SSSR count). The minimum absolute atomic E-state index is 0.0531. The van der Waals surface area contributed by atoms with Gasteiger partial charge in [0, 0.05) is 57.4 Å². The number of methoxy groups -OCH3 is 1. The Morgan fingerprint density at radius 3 is 2.55 bits per heavy atom. The average molecular weight is 434 g/mol. The third kappa shape index (κ3) is 4.63. The molecule has 3 heterocycles. The van der Waals surface area contributed by atoms with Gasteiger partial charge in [0.05, 0.1) is 12.5 Å². The first-order valence-electron chi connectivity index (χ1n) is 11.2. The number of cyclic esters (lactones) is 1. The molecule has 1 spiro atoms. The Kier molecular flexibility index (Phi) is 6.36. The van der Waals surface area contributed by atoms with Crippen molar-refractivity contribution in [2.24, 2.45) is 5.41 Å². The van der Waals surface area contributed by atoms with Crippen LogP contribution in [0.1, 0.15) is 32.6 Å². The fourth-order valence-corrected chi connectivity index (χ4v) is 5.23. The number of nitrogens with zero attached hydrogens (tertiary/aromatic N) is 3. The predicted molar refractivity (Wildman–Crippen MR) is 114 cm³/mol. The molecule has 1 aromatic carbocycles. The first-order chi connectivity index (χ1) is 14.9. The number of piperidine rings is 1. The number of benzene rings is 1. The Balaban J connectivity index is 1.25. The molecule has 0 aromatic heterocycles. The zero-order valence-electron chi connectivity index (χ0n) is 18.4. The molecule has 170 valence electrons. The number of esters is 1. The van der Waals surface area contributed by atoms with E-state index in [1.165, 1.54) is 19.2 Å². The van der Waals surface area contributed by atoms with E-state index >= 15 is 0 Å². The second-order valence-electron chi connectivity index (χ2n) is 9.08. The lowest BCUT2D eigenvalue weighted by molar-refractivity contribution is -0.150. The number of rotatable bonds is 4. The highest BCUT2D eigenvalue weighted by Gasteiger charge is 2.50. The molecule has 8 heteroatoms. The Hall–Kier alpha value is -2.35. The van der Waals surface area contributed by atoms with E-state index in [0.717, 1.165) is 44.7 Å². The van der Waals surface area contributed by atoms with Gasteiger partial charge in [0.1, 0.15) is 11.9 Å². The molecule has 0 aliphatic carbocycles. The van der Waals surface area contributed by atoms with Crippen molar-refractivity contribution in [3.63, 3.8) is 0 Å². The summed E-state index contributed by atoms with van der Waals surface area (Å²) in [6, 6.07) is 7.02. The fraction of sp³-hybridized carbons (Fsp3) is 0.652. The van der Waals surface area contributed by atoms with Crippen LogP contribution in [0.5, 0.6) is 0 Å². The van der Waals surface area contributed by atoms with Crippen LogP contribution >= 0.6 is 0 Å². The van der Waals surface area contributed by atoms with E-state index in [1.54, 1.807) is 4.90 Å². The topological polar surface area (TPSA) is 62.3 Å². The summed E-state index contributed by atoms with van der Waals surface area (Å²) in [6.45, 7) is 6.91. The normalized spacial score (nSPS) is 26.2. The number of piperazine rings is 1. The zero-order chi connectivity index (χ0) is 22.0. The fourth-order valence-electron chi connectivity index (χ4n) is 5.23. The van der Waals surface area contributed by atoms with Gasteiger partial charge < -0.3 is 19.3 Å². The first kappa shape index (κ1) is 21.9. The molecule has 7 nitrogen and oxygen atoms in total. The van der Waals surface area contributed by atoms with Gasteiger partial charge in [-0.3, -0.25) is 9.69 Å². The smallest absolute Gasteiger partial charge is 0.409 e. The maximum atomic E-state index is 13.2. The molecule has 31 heavy (non-hydrogen) atoms. The third-order valence-electron chi connectivity index (χ3n) is 7.12. The highest BCUT2D eigenvalue weighted by molar-refractivity contribution is 5.79. The maximum Gasteiger partial charge on any atom is 0.409 e. The highest BCUT2D eigenvalue weighted by Crippen LogP contribution is 2.44. The van der Waals surface area contributed by atoms with Crippen LogP contribution in [0.25, 0.3) is 0 Å². The number of likely N-dealkylation sites (tertiary alicyclic amines) is 1. The van der Waals surface area contributed by atoms with Crippen LogP contribution < -0.4 is 4.90 Å². The standard InChI is InChI=1S/C23H32FN3O4/c1-17-16-25(13-14-27(17)19-5-3-18(24)4-6-19)10-7-20-15-23(21(28)31-20)8-11-26(12-9-23)22(29)30-2/h3-6,17,20H,7-16H2,1-2H3/t17-,20-/m0/s1. The van der Waals surface area contributed by atoms with Crippen LogP contribution in [0, 0.1) is 11.2 Å². The van der Waals surface area contributed by atoms with Gasteiger partial charge in [-0.2, -0.15) is 0 Å². The number of amides is 1. The number of halogens is 1. The zero-order valence-corrected chi connectivity index (χ0v) is 18.4. The lowest BCUT2D eigenvalue weighted by atomic mass is 9.76. The number of hydrogen-bond donors (Lipinski definition) is 0. The van der Waals surface area contributed by atoms with Gasteiger partial charge in [0.25, 0.3) is 0 Å². The van der Waals surface area contributed by atoms with Crippen molar-refractivity contribution in [1.29, 1.82) is 0 Å². The van der Waals surface area contributed by atoms with E-state index in [0.29, 0.717) is 32.0 Å². The van der Waals surface area contributed by atoms with Crippen LogP contribution in [-0.4, -0.2) is 80.4 Å². The second-order valence-corrected chi connectivity index (χ2v) is 9.08. The number of carbonyl (C=O) groups excluding carboxylic acids is 2. The van der Waals surface area contributed by atoms with Crippen molar-refractivity contribution in [3.05, 3.63) is 30.1 Å². The number of carbonyl (C=O) groups is 2. The van der Waals surface area contributed by atoms with Gasteiger partial charge in [-0.25, -0.2) is 9.18 Å². The SMILES string of the molecule is COC(=O)N1CCC2(CC1)C[C@H](CCN1CCN(c3ccc(F)cc3)[C@@H](C)C1)OC2=O. The minimum Gasteiger partial charge on any atom is -0.462 e. The first-order valence-corrected chi connectivity index (χ1v) is 11.2. The molecule has 3 aliphatic rings. The molecule has 3 saturated heterocycles. The van der Waals surface area contributed by atoms with E-state index in [-0.39, 0.29) is 24.0 Å². The highest BCUT2D eigenvalue weighted by atomic mass is 19.1. The summed E-state index contributed by atoms with van der Waals surface area (Å²) in [6.07, 6.45) is 2.48. The summed E-state index contributed by atoms with van der Waals surface area (Å²) in [4.78, 5) is 30.7. The maximum absolute atomic E-state index is 13.2. The van der Waals surface area contributed by atoms with Crippen molar-refractivity contribution in [3.8, 4) is 0 Å². The minimum atomic E-state index is -0.441. The Bertz CT molecular complexity index is 795. The van der Waals surface area contributed by atoms with E-state index < -0.39 is 5.41 Å². The molecule has 1 aromatic rings. The van der Waals surface area contributed by atoms with Gasteiger partial charge in [-0.15, -0.1) is 0 Å². The van der Waals surface area contributed by atoms with E-state index in [9.17, 15) is 14.0 Å². The van der Waals surface area contributed by atoms with Gasteiger partial charge in [-0.1, -0.05) is 0 Å². The van der Waals surface area contributed by atoms with Crippen LogP contribution in [0.15, 0.2) is 24.3 Å². The van der Waals surface area contributed by atoms with Crippen LogP contribution in [0.3, 0.4) is 0 Å². The predicted octanol–water partition coefficient (Wildman–Crippen LogP) is 2.89. The molecule has 0 saturated carbocycles. The number of hydrogen-bond acceptors (Lipinski definition) is 6. The summed E-state index contributed by atoms with van der Waals surface area (Å²) in [5.41, 5.74) is 0.613. The summed E-state index contributed by atoms with van der Waals surface area (Å²) < 4.78 is 23.7. The lowest BCUT2D eigenvalue weighted by Gasteiger charge is -2.41. The number of ether oxygens (including phenoxy) is 2. The van der Waals surface area contributed by atoms with Crippen LogP contribution in [0.2, 0.25) is 0 Å². The molecular weight excluding hydrogens is 401 g/mol. The van der Waals surface area contributed by atoms with Crippen molar-refractivity contribution in [2.45, 2.75) is 44.8 Å². The summed E-state index contributed by atoms with van der Waals surface area (Å²) >= 11 is 0. The Morgan fingerprint density at radius 1 is 1.19 bits per heavy atom. The van der Waals surface area contributed by atoms with Crippen molar-refractivity contribution < 1.29 is 23.5 Å². The van der Waals surface area contributed by atoms with Crippen molar-refractivity contribution in [2.75, 3.05) is 51.3 Å². The van der Waals surface area contributed by atoms with Gasteiger partial charge >= 0.3 is 12.1 Å². The largest absolute Gasteiger partial charge is 0.462 e. The molecular formula is C23H32FN3O4. The molecule has 3 fully saturated rings. The van der Waals surface area contributed by atoms with E-state index in [1.807, 2.05) is 12.1 Å². The van der Waals surface area contributed by atoms with Gasteiger partial charge in [-0.05, 0) is 50.5 Å². The Morgan fingerprint density at radius 2 is 1.90 bits per heavy atom. The molecule has 3 aliphatic heterocycles. The summed E-state index contributed by atoms with van der Waals surface area (Å²) in [5.74, 6) is -0.314. The monoisotopic (exact) mass is 433 g/mol. The van der Waals surface area contributed by atoms with E-state index in [4.69, 9.17) is 9.47 Å². The van der Waals surface area contributed by atoms with Gasteiger partial charge in [0.15, 0.2) is 0 Å². The molecule has 2 atom stereocenters. The second kappa shape index (κ2) is 9.02. The molecule has 0 radical (unpaired) electrons. The number of anilines is 1. The molecule has 0 unspecified atom stereocenters. The molecule has 0 bridgehead atoms. The van der Waals surface area contributed by atoms with Crippen LogP contribution in [-0.2, 0) is 14.3 Å². The Labute approximate surface area is 183 Å². The summed E-state index contributed by atoms with van der Waals surface area (Å²) in [7, 11) is 1.38. The molecule has 1 amide bonds. The van der Waals surface area contributed by atoms with Crippen molar-refractivity contribution >= 4 is 17.7 Å². The van der Waals surface area contributed by atoms with Crippen LogP contribution in [0.4, 0.5) is 14.9 Å². The van der Waals surface area contributed by atoms with Crippen molar-refractivity contribution in [1.82, 2.24) is 9.80 Å². The summed E-state index contributed by atoms with van der Waals surface area (Å²) in [5, 5.41) is 0. The third-order valence-corrected chi connectivity index (χ3v) is 7.12.